The molecule has 0 saturated heterocycles. The van der Waals surface area contributed by atoms with Gasteiger partial charge in [0.1, 0.15) is 0 Å². The zero-order valence-corrected chi connectivity index (χ0v) is 15.5. The fraction of sp³-hybridized carbons (Fsp3) is 0.211. The average molecular weight is 386 g/mol. The summed E-state index contributed by atoms with van der Waals surface area (Å²) in [5.41, 5.74) is 6.77. The molecule has 140 valence electrons. The maximum Gasteiger partial charge on any atom is 0.269 e. The summed E-state index contributed by atoms with van der Waals surface area (Å²) in [7, 11) is -3.77. The van der Waals surface area contributed by atoms with Crippen molar-refractivity contribution in [2.24, 2.45) is 0 Å². The number of sulfonamides is 1. The highest BCUT2D eigenvalue weighted by molar-refractivity contribution is 7.89. The Kier molecular flexibility index (Phi) is 5.53. The maximum absolute atomic E-state index is 12.4. The molecule has 0 aliphatic carbocycles. The lowest BCUT2D eigenvalue weighted by molar-refractivity contribution is -0.384. The van der Waals surface area contributed by atoms with Crippen LogP contribution in [0.15, 0.2) is 64.7 Å². The van der Waals surface area contributed by atoms with E-state index in [9.17, 15) is 18.5 Å². The molecule has 0 fully saturated rings. The standard InChI is InChI=1S/C19H18N2O5S/c1-14(10-16-13-26-12-15-4-2-3-5-19(15)16)11-20-27(24,25)18-8-6-17(7-9-18)21(22)23/h2-9,20H,11-13H2,1H3. The largest absolute Gasteiger partial charge is 0.371 e. The first-order chi connectivity index (χ1) is 12.9. The summed E-state index contributed by atoms with van der Waals surface area (Å²) in [6.07, 6.45) is 0. The van der Waals surface area contributed by atoms with Gasteiger partial charge in [0, 0.05) is 24.3 Å². The van der Waals surface area contributed by atoms with Gasteiger partial charge >= 0.3 is 0 Å². The number of rotatable bonds is 5. The molecule has 0 atom stereocenters. The Labute approximate surface area is 157 Å². The second-order valence-electron chi connectivity index (χ2n) is 6.11. The highest BCUT2D eigenvalue weighted by Crippen LogP contribution is 2.25. The topological polar surface area (TPSA) is 98.5 Å². The summed E-state index contributed by atoms with van der Waals surface area (Å²) in [5, 5.41) is 10.7. The zero-order valence-electron chi connectivity index (χ0n) is 14.6. The van der Waals surface area contributed by atoms with Gasteiger partial charge < -0.3 is 4.74 Å². The Bertz CT molecular complexity index is 1040. The van der Waals surface area contributed by atoms with E-state index in [1.165, 1.54) is 12.1 Å². The quantitative estimate of drug-likeness (QED) is 0.484. The molecule has 0 unspecified atom stereocenters. The SMILES string of the molecule is CC(=C=C1COCc2ccccc21)CNS(=O)(=O)c1ccc([N+](=O)[O-])cc1. The lowest BCUT2D eigenvalue weighted by atomic mass is 9.98. The van der Waals surface area contributed by atoms with Gasteiger partial charge in [0.05, 0.1) is 23.0 Å². The van der Waals surface area contributed by atoms with Crippen molar-refractivity contribution in [2.45, 2.75) is 18.4 Å². The minimum atomic E-state index is -3.77. The number of ether oxygens (including phenoxy) is 1. The number of nitrogens with zero attached hydrogens (tertiary/aromatic N) is 1. The van der Waals surface area contributed by atoms with E-state index in [1.807, 2.05) is 24.3 Å². The molecular weight excluding hydrogens is 368 g/mol. The first-order valence-corrected chi connectivity index (χ1v) is 9.70. The van der Waals surface area contributed by atoms with Gasteiger partial charge in [-0.25, -0.2) is 13.1 Å². The van der Waals surface area contributed by atoms with Crippen molar-refractivity contribution in [3.63, 3.8) is 0 Å². The number of hydrogen-bond donors (Lipinski definition) is 1. The number of nitrogens with one attached hydrogen (secondary N) is 1. The van der Waals surface area contributed by atoms with E-state index < -0.39 is 14.9 Å². The summed E-state index contributed by atoms with van der Waals surface area (Å²) in [5.74, 6) is 0. The van der Waals surface area contributed by atoms with Crippen molar-refractivity contribution < 1.29 is 18.1 Å². The molecule has 2 aromatic carbocycles. The Morgan fingerprint density at radius 1 is 1.19 bits per heavy atom. The van der Waals surface area contributed by atoms with Crippen molar-refractivity contribution in [2.75, 3.05) is 13.2 Å². The minimum absolute atomic E-state index is 0.0279. The third kappa shape index (κ3) is 4.50. The van der Waals surface area contributed by atoms with Gasteiger partial charge in [0.2, 0.25) is 10.0 Å². The monoisotopic (exact) mass is 386 g/mol. The molecule has 8 heteroatoms. The Balaban J connectivity index is 1.78. The number of non-ortho nitro benzene ring substituents is 1. The molecule has 3 rings (SSSR count). The first kappa shape index (κ1) is 19.0. The molecule has 2 aromatic rings. The van der Waals surface area contributed by atoms with Gasteiger partial charge in [-0.3, -0.25) is 10.1 Å². The summed E-state index contributed by atoms with van der Waals surface area (Å²) in [4.78, 5) is 10.1. The van der Waals surface area contributed by atoms with Crippen LogP contribution in [0.2, 0.25) is 0 Å². The number of hydrogen-bond acceptors (Lipinski definition) is 5. The van der Waals surface area contributed by atoms with E-state index in [-0.39, 0.29) is 17.1 Å². The molecule has 7 nitrogen and oxygen atoms in total. The summed E-state index contributed by atoms with van der Waals surface area (Å²) in [6.45, 7) is 2.82. The lowest BCUT2D eigenvalue weighted by Gasteiger charge is -2.18. The van der Waals surface area contributed by atoms with Gasteiger partial charge in [0.15, 0.2) is 0 Å². The maximum atomic E-state index is 12.4. The summed E-state index contributed by atoms with van der Waals surface area (Å²) in [6, 6.07) is 12.6. The minimum Gasteiger partial charge on any atom is -0.371 e. The van der Waals surface area contributed by atoms with Crippen LogP contribution in [0.4, 0.5) is 5.69 Å². The molecule has 0 amide bonds. The number of nitro groups is 1. The van der Waals surface area contributed by atoms with E-state index in [1.54, 1.807) is 6.92 Å². The molecule has 0 aromatic heterocycles. The molecule has 1 N–H and O–H groups in total. The molecule has 0 spiro atoms. The first-order valence-electron chi connectivity index (χ1n) is 8.22. The van der Waals surface area contributed by atoms with Crippen LogP contribution in [0.25, 0.3) is 5.57 Å². The highest BCUT2D eigenvalue weighted by atomic mass is 32.2. The second-order valence-corrected chi connectivity index (χ2v) is 7.88. The van der Waals surface area contributed by atoms with Crippen LogP contribution < -0.4 is 4.72 Å². The molecule has 1 aliphatic rings. The normalized spacial score (nSPS) is 13.6. The van der Waals surface area contributed by atoms with E-state index in [0.29, 0.717) is 18.8 Å². The smallest absolute Gasteiger partial charge is 0.269 e. The van der Waals surface area contributed by atoms with Gasteiger partial charge in [-0.15, -0.1) is 5.73 Å². The van der Waals surface area contributed by atoms with Crippen molar-refractivity contribution in [3.8, 4) is 0 Å². The third-order valence-electron chi connectivity index (χ3n) is 4.10. The van der Waals surface area contributed by atoms with Crippen molar-refractivity contribution in [1.29, 1.82) is 0 Å². The molecule has 27 heavy (non-hydrogen) atoms. The molecule has 1 heterocycles. The number of fused-ring (bicyclic) bond motifs is 1. The van der Waals surface area contributed by atoms with E-state index in [0.717, 1.165) is 28.8 Å². The molecule has 1 aliphatic heterocycles. The van der Waals surface area contributed by atoms with Crippen LogP contribution in [0, 0.1) is 10.1 Å². The molecule has 0 bridgehead atoms. The molecule has 0 radical (unpaired) electrons. The number of benzene rings is 2. The average Bonchev–Trinajstić information content (AvgIpc) is 2.67. The zero-order chi connectivity index (χ0) is 19.4. The van der Waals surface area contributed by atoms with Crippen LogP contribution in [-0.2, 0) is 21.4 Å². The Morgan fingerprint density at radius 3 is 2.59 bits per heavy atom. The Hall–Kier alpha value is -2.77. The van der Waals surface area contributed by atoms with Gasteiger partial charge in [-0.2, -0.15) is 0 Å². The van der Waals surface area contributed by atoms with Crippen LogP contribution in [0.5, 0.6) is 0 Å². The van der Waals surface area contributed by atoms with E-state index >= 15 is 0 Å². The predicted molar refractivity (Wildman–Crippen MR) is 100 cm³/mol. The van der Waals surface area contributed by atoms with Crippen molar-refractivity contribution >= 4 is 21.3 Å². The van der Waals surface area contributed by atoms with E-state index in [2.05, 4.69) is 10.5 Å². The van der Waals surface area contributed by atoms with E-state index in [4.69, 9.17) is 4.74 Å². The molecular formula is C19H18N2O5S. The lowest BCUT2D eigenvalue weighted by Crippen LogP contribution is -2.25. The van der Waals surface area contributed by atoms with Gasteiger partial charge in [-0.05, 0) is 35.8 Å². The number of nitro benzene ring substituents is 1. The fourth-order valence-corrected chi connectivity index (χ4v) is 3.79. The fourth-order valence-electron chi connectivity index (χ4n) is 2.72. The van der Waals surface area contributed by atoms with Gasteiger partial charge in [0.25, 0.3) is 5.69 Å². The molecule has 0 saturated carbocycles. The van der Waals surface area contributed by atoms with Crippen LogP contribution >= 0.6 is 0 Å². The van der Waals surface area contributed by atoms with Crippen molar-refractivity contribution in [3.05, 3.63) is 81.1 Å². The van der Waals surface area contributed by atoms with Crippen LogP contribution in [-0.4, -0.2) is 26.5 Å². The van der Waals surface area contributed by atoms with Crippen LogP contribution in [0.1, 0.15) is 18.1 Å². The highest BCUT2D eigenvalue weighted by Gasteiger charge is 2.16. The van der Waals surface area contributed by atoms with Crippen molar-refractivity contribution in [1.82, 2.24) is 4.72 Å². The predicted octanol–water partition coefficient (Wildman–Crippen LogP) is 3.03. The summed E-state index contributed by atoms with van der Waals surface area (Å²) < 4.78 is 32.7. The summed E-state index contributed by atoms with van der Waals surface area (Å²) >= 11 is 0. The second kappa shape index (κ2) is 7.85. The Morgan fingerprint density at radius 2 is 1.89 bits per heavy atom. The third-order valence-corrected chi connectivity index (χ3v) is 5.51. The van der Waals surface area contributed by atoms with Gasteiger partial charge in [-0.1, -0.05) is 24.3 Å². The van der Waals surface area contributed by atoms with Crippen LogP contribution in [0.3, 0.4) is 0 Å².